The first-order valence-corrected chi connectivity index (χ1v) is 8.44. The number of nitrogens with zero attached hydrogens (tertiary/aromatic N) is 2. The van der Waals surface area contributed by atoms with Gasteiger partial charge in [-0.05, 0) is 19.1 Å². The monoisotopic (exact) mass is 343 g/mol. The predicted octanol–water partition coefficient (Wildman–Crippen LogP) is 3.13. The van der Waals surface area contributed by atoms with Gasteiger partial charge in [0.2, 0.25) is 5.91 Å². The van der Waals surface area contributed by atoms with E-state index in [0.29, 0.717) is 6.61 Å². The molecule has 3 rings (SSSR count). The van der Waals surface area contributed by atoms with Gasteiger partial charge < -0.3 is 10.1 Å². The van der Waals surface area contributed by atoms with Crippen molar-refractivity contribution in [2.24, 2.45) is 0 Å². The van der Waals surface area contributed by atoms with Crippen molar-refractivity contribution in [1.29, 1.82) is 0 Å². The van der Waals surface area contributed by atoms with Gasteiger partial charge in [-0.25, -0.2) is 4.98 Å². The molecule has 24 heavy (non-hydrogen) atoms. The fourth-order valence-corrected chi connectivity index (χ4v) is 3.26. The highest BCUT2D eigenvalue weighted by molar-refractivity contribution is 7.15. The van der Waals surface area contributed by atoms with Crippen molar-refractivity contribution in [2.45, 2.75) is 20.3 Å². The van der Waals surface area contributed by atoms with Crippen LogP contribution in [0.4, 0.5) is 5.69 Å². The maximum Gasteiger partial charge on any atom is 0.311 e. The van der Waals surface area contributed by atoms with Crippen LogP contribution < -0.4 is 5.32 Å². The zero-order valence-corrected chi connectivity index (χ0v) is 14.2. The van der Waals surface area contributed by atoms with Crippen molar-refractivity contribution in [2.75, 3.05) is 11.9 Å². The number of esters is 1. The van der Waals surface area contributed by atoms with E-state index in [0.717, 1.165) is 27.6 Å². The zero-order valence-electron chi connectivity index (χ0n) is 13.4. The second kappa shape index (κ2) is 6.84. The lowest BCUT2D eigenvalue weighted by Gasteiger charge is -2.02. The molecule has 0 saturated carbocycles. The van der Waals surface area contributed by atoms with Gasteiger partial charge in [-0.15, -0.1) is 11.3 Å². The van der Waals surface area contributed by atoms with Crippen LogP contribution in [0, 0.1) is 0 Å². The fourth-order valence-electron chi connectivity index (χ4n) is 2.38. The summed E-state index contributed by atoms with van der Waals surface area (Å²) in [4.78, 5) is 28.1. The van der Waals surface area contributed by atoms with Gasteiger partial charge >= 0.3 is 5.97 Å². The molecule has 1 N–H and O–H groups in total. The number of hydrogen-bond donors (Lipinski definition) is 1. The Hall–Kier alpha value is -2.67. The van der Waals surface area contributed by atoms with Crippen molar-refractivity contribution < 1.29 is 14.3 Å². The van der Waals surface area contributed by atoms with Crippen molar-refractivity contribution in [3.05, 3.63) is 41.5 Å². The SMILES string of the molecule is CCOC(=O)Cc1csc2nc(-c3ccc(NC(C)=O)cc3)cn12. The van der Waals surface area contributed by atoms with Gasteiger partial charge in [0.15, 0.2) is 4.96 Å². The van der Waals surface area contributed by atoms with Crippen molar-refractivity contribution in [3.63, 3.8) is 0 Å². The molecule has 0 bridgehead atoms. The predicted molar refractivity (Wildman–Crippen MR) is 93.1 cm³/mol. The Morgan fingerprint density at radius 2 is 2.04 bits per heavy atom. The molecule has 2 aromatic heterocycles. The third-order valence-corrected chi connectivity index (χ3v) is 4.30. The molecule has 2 heterocycles. The first-order valence-electron chi connectivity index (χ1n) is 7.56. The molecule has 0 atom stereocenters. The standard InChI is InChI=1S/C17H17N3O3S/c1-3-23-16(22)8-14-10-24-17-19-15(9-20(14)17)12-4-6-13(7-5-12)18-11(2)21/h4-7,9-10H,3,8H2,1-2H3,(H,18,21). The molecule has 0 aliphatic heterocycles. The molecule has 1 aromatic carbocycles. The van der Waals surface area contributed by atoms with Crippen LogP contribution in [0.2, 0.25) is 0 Å². The van der Waals surface area contributed by atoms with Crippen LogP contribution in [-0.4, -0.2) is 27.9 Å². The topological polar surface area (TPSA) is 72.7 Å². The summed E-state index contributed by atoms with van der Waals surface area (Å²) >= 11 is 1.49. The van der Waals surface area contributed by atoms with E-state index < -0.39 is 0 Å². The van der Waals surface area contributed by atoms with Crippen LogP contribution in [-0.2, 0) is 20.7 Å². The van der Waals surface area contributed by atoms with Gasteiger partial charge in [0, 0.05) is 35.4 Å². The average molecular weight is 343 g/mol. The number of imidazole rings is 1. The number of hydrogen-bond acceptors (Lipinski definition) is 5. The summed E-state index contributed by atoms with van der Waals surface area (Å²) in [6.45, 7) is 3.64. The average Bonchev–Trinajstić information content (AvgIpc) is 3.10. The lowest BCUT2D eigenvalue weighted by atomic mass is 10.1. The van der Waals surface area contributed by atoms with Gasteiger partial charge in [-0.2, -0.15) is 0 Å². The number of fused-ring (bicyclic) bond motifs is 1. The zero-order chi connectivity index (χ0) is 17.1. The van der Waals surface area contributed by atoms with Gasteiger partial charge in [0.05, 0.1) is 18.7 Å². The second-order valence-corrected chi connectivity index (χ2v) is 6.08. The molecule has 0 fully saturated rings. The number of aromatic nitrogens is 2. The molecular formula is C17H17N3O3S. The first-order chi connectivity index (χ1) is 11.6. The lowest BCUT2D eigenvalue weighted by molar-refractivity contribution is -0.142. The molecule has 0 aliphatic carbocycles. The third kappa shape index (κ3) is 3.46. The summed E-state index contributed by atoms with van der Waals surface area (Å²) in [5.41, 5.74) is 3.38. The number of ether oxygens (including phenoxy) is 1. The van der Waals surface area contributed by atoms with Crippen LogP contribution >= 0.6 is 11.3 Å². The summed E-state index contributed by atoms with van der Waals surface area (Å²) in [7, 11) is 0. The third-order valence-electron chi connectivity index (χ3n) is 3.42. The largest absolute Gasteiger partial charge is 0.466 e. The Labute approximate surface area is 143 Å². The quantitative estimate of drug-likeness (QED) is 0.723. The molecule has 0 unspecified atom stereocenters. The summed E-state index contributed by atoms with van der Waals surface area (Å²) in [5, 5.41) is 4.65. The van der Waals surface area contributed by atoms with Gasteiger partial charge in [-0.1, -0.05) is 12.1 Å². The number of carbonyl (C=O) groups is 2. The highest BCUT2D eigenvalue weighted by Gasteiger charge is 2.13. The fraction of sp³-hybridized carbons (Fsp3) is 0.235. The van der Waals surface area contributed by atoms with Crippen molar-refractivity contribution in [3.8, 4) is 11.3 Å². The normalized spacial score (nSPS) is 10.8. The van der Waals surface area contributed by atoms with Crippen LogP contribution in [0.25, 0.3) is 16.2 Å². The Balaban J connectivity index is 1.84. The Morgan fingerprint density at radius 3 is 2.71 bits per heavy atom. The van der Waals surface area contributed by atoms with E-state index in [1.54, 1.807) is 6.92 Å². The molecule has 124 valence electrons. The minimum Gasteiger partial charge on any atom is -0.466 e. The van der Waals surface area contributed by atoms with Crippen LogP contribution in [0.15, 0.2) is 35.8 Å². The van der Waals surface area contributed by atoms with E-state index >= 15 is 0 Å². The lowest BCUT2D eigenvalue weighted by Crippen LogP contribution is -2.08. The summed E-state index contributed by atoms with van der Waals surface area (Å²) in [6, 6.07) is 7.48. The summed E-state index contributed by atoms with van der Waals surface area (Å²) in [6.07, 6.45) is 2.14. The molecular weight excluding hydrogens is 326 g/mol. The smallest absolute Gasteiger partial charge is 0.311 e. The molecule has 7 heteroatoms. The van der Waals surface area contributed by atoms with E-state index in [9.17, 15) is 9.59 Å². The highest BCUT2D eigenvalue weighted by Crippen LogP contribution is 2.25. The van der Waals surface area contributed by atoms with E-state index in [1.807, 2.05) is 40.2 Å². The first kappa shape index (κ1) is 16.2. The van der Waals surface area contributed by atoms with E-state index in [1.165, 1.54) is 18.3 Å². The number of anilines is 1. The summed E-state index contributed by atoms with van der Waals surface area (Å²) < 4.78 is 6.91. The molecule has 0 radical (unpaired) electrons. The van der Waals surface area contributed by atoms with Crippen molar-refractivity contribution in [1.82, 2.24) is 9.38 Å². The van der Waals surface area contributed by atoms with Gasteiger partial charge in [-0.3, -0.25) is 14.0 Å². The van der Waals surface area contributed by atoms with Crippen LogP contribution in [0.5, 0.6) is 0 Å². The number of carbonyl (C=O) groups excluding carboxylic acids is 2. The van der Waals surface area contributed by atoms with E-state index in [4.69, 9.17) is 4.74 Å². The number of rotatable bonds is 5. The number of nitrogens with one attached hydrogen (secondary N) is 1. The van der Waals surface area contributed by atoms with E-state index in [-0.39, 0.29) is 18.3 Å². The van der Waals surface area contributed by atoms with Crippen molar-refractivity contribution >= 4 is 33.9 Å². The Bertz CT molecular complexity index is 880. The Morgan fingerprint density at radius 1 is 1.29 bits per heavy atom. The number of benzene rings is 1. The minimum absolute atomic E-state index is 0.103. The minimum atomic E-state index is -0.243. The van der Waals surface area contributed by atoms with Crippen LogP contribution in [0.3, 0.4) is 0 Å². The molecule has 3 aromatic rings. The highest BCUT2D eigenvalue weighted by atomic mass is 32.1. The van der Waals surface area contributed by atoms with Crippen LogP contribution in [0.1, 0.15) is 19.5 Å². The summed E-state index contributed by atoms with van der Waals surface area (Å²) in [5.74, 6) is -0.346. The molecule has 0 spiro atoms. The molecule has 6 nitrogen and oxygen atoms in total. The number of amides is 1. The van der Waals surface area contributed by atoms with E-state index in [2.05, 4.69) is 10.3 Å². The molecule has 0 aliphatic rings. The van der Waals surface area contributed by atoms with Gasteiger partial charge in [0.25, 0.3) is 0 Å². The maximum absolute atomic E-state index is 11.7. The molecule has 0 saturated heterocycles. The Kier molecular flexibility index (Phi) is 4.61. The van der Waals surface area contributed by atoms with Gasteiger partial charge in [0.1, 0.15) is 0 Å². The second-order valence-electron chi connectivity index (χ2n) is 5.25. The molecule has 1 amide bonds. The maximum atomic E-state index is 11.7. The number of thiazole rings is 1.